The molecule has 1 amide bonds. The second-order valence-electron chi connectivity index (χ2n) is 6.76. The minimum Gasteiger partial charge on any atom is -0.315 e. The molecule has 1 aromatic heterocycles. The predicted octanol–water partition coefficient (Wildman–Crippen LogP) is 3.49. The maximum absolute atomic E-state index is 12.9. The van der Waals surface area contributed by atoms with Gasteiger partial charge < -0.3 is 5.32 Å². The van der Waals surface area contributed by atoms with Gasteiger partial charge in [-0.3, -0.25) is 24.4 Å². The monoisotopic (exact) mass is 429 g/mol. The van der Waals surface area contributed by atoms with Gasteiger partial charge in [-0.25, -0.2) is 4.68 Å². The molecule has 0 aliphatic carbocycles. The summed E-state index contributed by atoms with van der Waals surface area (Å²) in [6.45, 7) is 1.68. The highest BCUT2D eigenvalue weighted by Crippen LogP contribution is 2.19. The van der Waals surface area contributed by atoms with Crippen LogP contribution in [0.15, 0.2) is 77.1 Å². The third-order valence-corrected chi connectivity index (χ3v) is 4.83. The van der Waals surface area contributed by atoms with Gasteiger partial charge in [0.05, 0.1) is 21.9 Å². The average Bonchev–Trinajstić information content (AvgIpc) is 3.00. The number of carbonyl (C=O) groups excluding carboxylic acids is 1. The molecular formula is C23H19N5O4. The molecule has 3 rings (SSSR count). The van der Waals surface area contributed by atoms with E-state index in [9.17, 15) is 25.0 Å². The van der Waals surface area contributed by atoms with Crippen molar-refractivity contribution in [2.24, 2.45) is 7.05 Å². The average molecular weight is 429 g/mol. The zero-order chi connectivity index (χ0) is 23.3. The second kappa shape index (κ2) is 9.40. The van der Waals surface area contributed by atoms with E-state index in [0.717, 1.165) is 0 Å². The molecule has 2 aromatic carbocycles. The zero-order valence-corrected chi connectivity index (χ0v) is 17.4. The highest BCUT2D eigenvalue weighted by Gasteiger charge is 2.19. The number of nitrogens with one attached hydrogen (secondary N) is 1. The fourth-order valence-corrected chi connectivity index (χ4v) is 3.10. The number of para-hydroxylation sites is 2. The molecule has 0 atom stereocenters. The molecule has 0 fully saturated rings. The van der Waals surface area contributed by atoms with Crippen LogP contribution in [0.25, 0.3) is 11.8 Å². The van der Waals surface area contributed by atoms with Gasteiger partial charge >= 0.3 is 0 Å². The molecule has 0 aliphatic heterocycles. The number of rotatable bonds is 6. The zero-order valence-electron chi connectivity index (χ0n) is 17.4. The molecular weight excluding hydrogens is 410 g/mol. The Bertz CT molecular complexity index is 1340. The number of allylic oxidation sites excluding steroid dienone is 2. The molecule has 32 heavy (non-hydrogen) atoms. The van der Waals surface area contributed by atoms with Gasteiger partial charge in [0.1, 0.15) is 17.3 Å². The van der Waals surface area contributed by atoms with Crippen LogP contribution in [0.2, 0.25) is 0 Å². The molecule has 0 aliphatic rings. The van der Waals surface area contributed by atoms with Crippen LogP contribution in [0.3, 0.4) is 0 Å². The van der Waals surface area contributed by atoms with Crippen molar-refractivity contribution in [1.29, 1.82) is 5.26 Å². The Balaban J connectivity index is 1.88. The van der Waals surface area contributed by atoms with Crippen LogP contribution in [-0.2, 0) is 11.8 Å². The summed E-state index contributed by atoms with van der Waals surface area (Å²) in [5.41, 5.74) is 0.751. The summed E-state index contributed by atoms with van der Waals surface area (Å²) in [7, 11) is 1.69. The Morgan fingerprint density at radius 3 is 2.47 bits per heavy atom. The number of nitrogens with zero attached hydrogens (tertiary/aromatic N) is 4. The molecule has 0 saturated carbocycles. The summed E-state index contributed by atoms with van der Waals surface area (Å²) < 4.78 is 3.02. The number of benzene rings is 2. The Morgan fingerprint density at radius 1 is 1.16 bits per heavy atom. The standard InChI is InChI=1S/C23H19N5O4/c1-16-21(23(30)27(26(16)2)19-12-4-3-5-13-19)25-22(29)18(15-24)11-8-10-17-9-6-7-14-20(17)28(31)32/h3-14H,1-2H3,(H,25,29). The summed E-state index contributed by atoms with van der Waals surface area (Å²) in [6, 6.07) is 16.8. The minimum atomic E-state index is -0.759. The number of hydrogen-bond donors (Lipinski definition) is 1. The Labute approximate surface area is 183 Å². The number of anilines is 1. The maximum atomic E-state index is 12.9. The fourth-order valence-electron chi connectivity index (χ4n) is 3.10. The van der Waals surface area contributed by atoms with Gasteiger partial charge in [0.15, 0.2) is 0 Å². The van der Waals surface area contributed by atoms with E-state index in [1.54, 1.807) is 67.2 Å². The molecule has 3 aromatic rings. The van der Waals surface area contributed by atoms with Gasteiger partial charge in [-0.15, -0.1) is 0 Å². The predicted molar refractivity (Wildman–Crippen MR) is 120 cm³/mol. The van der Waals surface area contributed by atoms with Crippen molar-refractivity contribution in [2.75, 3.05) is 5.32 Å². The van der Waals surface area contributed by atoms with Gasteiger partial charge in [-0.1, -0.05) is 36.4 Å². The molecule has 9 nitrogen and oxygen atoms in total. The van der Waals surface area contributed by atoms with Crippen LogP contribution in [0.1, 0.15) is 11.3 Å². The lowest BCUT2D eigenvalue weighted by Gasteiger charge is -2.07. The van der Waals surface area contributed by atoms with Crippen molar-refractivity contribution in [1.82, 2.24) is 9.36 Å². The highest BCUT2D eigenvalue weighted by atomic mass is 16.6. The lowest BCUT2D eigenvalue weighted by atomic mass is 10.1. The van der Waals surface area contributed by atoms with Crippen molar-refractivity contribution in [3.8, 4) is 11.8 Å². The van der Waals surface area contributed by atoms with Crippen molar-refractivity contribution in [3.63, 3.8) is 0 Å². The third kappa shape index (κ3) is 4.39. The van der Waals surface area contributed by atoms with Gasteiger partial charge in [0.2, 0.25) is 0 Å². The van der Waals surface area contributed by atoms with E-state index in [1.807, 2.05) is 6.07 Å². The summed E-state index contributed by atoms with van der Waals surface area (Å²) in [6.07, 6.45) is 4.04. The van der Waals surface area contributed by atoms with E-state index in [2.05, 4.69) is 5.32 Å². The summed E-state index contributed by atoms with van der Waals surface area (Å²) in [4.78, 5) is 36.1. The first kappa shape index (κ1) is 22.0. The van der Waals surface area contributed by atoms with Gasteiger partial charge in [-0.2, -0.15) is 5.26 Å². The van der Waals surface area contributed by atoms with Crippen LogP contribution in [-0.4, -0.2) is 20.2 Å². The molecule has 0 spiro atoms. The quantitative estimate of drug-likeness (QED) is 0.211. The van der Waals surface area contributed by atoms with E-state index >= 15 is 0 Å². The number of nitro groups is 1. The summed E-state index contributed by atoms with van der Waals surface area (Å²) in [5.74, 6) is -0.759. The normalized spacial score (nSPS) is 11.3. The largest absolute Gasteiger partial charge is 0.315 e. The molecule has 1 heterocycles. The number of hydrogen-bond acceptors (Lipinski definition) is 5. The van der Waals surface area contributed by atoms with Crippen molar-refractivity contribution in [2.45, 2.75) is 6.92 Å². The van der Waals surface area contributed by atoms with E-state index in [0.29, 0.717) is 16.9 Å². The Morgan fingerprint density at radius 2 is 1.81 bits per heavy atom. The number of aromatic nitrogens is 2. The van der Waals surface area contributed by atoms with Crippen molar-refractivity contribution >= 4 is 23.4 Å². The van der Waals surface area contributed by atoms with E-state index < -0.39 is 16.4 Å². The number of amides is 1. The van der Waals surface area contributed by atoms with E-state index in [4.69, 9.17) is 0 Å². The van der Waals surface area contributed by atoms with E-state index in [1.165, 1.54) is 29.0 Å². The maximum Gasteiger partial charge on any atom is 0.295 e. The minimum absolute atomic E-state index is 0.0604. The third-order valence-electron chi connectivity index (χ3n) is 4.83. The fraction of sp³-hybridized carbons (Fsp3) is 0.0870. The second-order valence-corrected chi connectivity index (χ2v) is 6.76. The molecule has 0 saturated heterocycles. The first-order valence-electron chi connectivity index (χ1n) is 9.52. The van der Waals surface area contributed by atoms with Crippen LogP contribution in [0, 0.1) is 28.4 Å². The Kier molecular flexibility index (Phi) is 6.46. The summed E-state index contributed by atoms with van der Waals surface area (Å²) in [5, 5.41) is 23.0. The Hall–Kier alpha value is -4.71. The highest BCUT2D eigenvalue weighted by molar-refractivity contribution is 6.07. The van der Waals surface area contributed by atoms with Crippen LogP contribution < -0.4 is 10.9 Å². The summed E-state index contributed by atoms with van der Waals surface area (Å²) >= 11 is 0. The first-order chi connectivity index (χ1) is 15.3. The molecule has 9 heteroatoms. The molecule has 160 valence electrons. The van der Waals surface area contributed by atoms with Crippen LogP contribution in [0.4, 0.5) is 11.4 Å². The number of carbonyl (C=O) groups is 1. The van der Waals surface area contributed by atoms with Crippen molar-refractivity contribution < 1.29 is 9.72 Å². The van der Waals surface area contributed by atoms with Crippen molar-refractivity contribution in [3.05, 3.63) is 104 Å². The van der Waals surface area contributed by atoms with Gasteiger partial charge in [0, 0.05) is 13.1 Å². The SMILES string of the molecule is Cc1c(NC(=O)C(C#N)=CC=Cc2ccccc2[N+](=O)[O-])c(=O)n(-c2ccccc2)n1C. The van der Waals surface area contributed by atoms with Gasteiger partial charge in [-0.05, 0) is 37.3 Å². The molecule has 1 N–H and O–H groups in total. The van der Waals surface area contributed by atoms with Crippen LogP contribution >= 0.6 is 0 Å². The van der Waals surface area contributed by atoms with Gasteiger partial charge in [0.25, 0.3) is 17.2 Å². The molecule has 0 radical (unpaired) electrons. The lowest BCUT2D eigenvalue weighted by molar-refractivity contribution is -0.385. The smallest absolute Gasteiger partial charge is 0.295 e. The van der Waals surface area contributed by atoms with E-state index in [-0.39, 0.29) is 16.9 Å². The van der Waals surface area contributed by atoms with Crippen LogP contribution in [0.5, 0.6) is 0 Å². The number of nitro benzene ring substituents is 1. The first-order valence-corrected chi connectivity index (χ1v) is 9.52. The molecule has 0 unspecified atom stereocenters. The number of nitriles is 1. The topological polar surface area (TPSA) is 123 Å². The lowest BCUT2D eigenvalue weighted by Crippen LogP contribution is -2.23. The molecule has 0 bridgehead atoms.